The maximum absolute atomic E-state index is 12.8. The van der Waals surface area contributed by atoms with E-state index in [1.807, 2.05) is 39.0 Å². The van der Waals surface area contributed by atoms with Crippen molar-refractivity contribution in [3.63, 3.8) is 0 Å². The summed E-state index contributed by atoms with van der Waals surface area (Å²) < 4.78 is 33.7. The Morgan fingerprint density at radius 1 is 0.900 bits per heavy atom. The molecule has 2 N–H and O–H groups in total. The van der Waals surface area contributed by atoms with Crippen LogP contribution in [0.5, 0.6) is 5.75 Å². The van der Waals surface area contributed by atoms with Crippen molar-refractivity contribution in [3.05, 3.63) is 83.4 Å². The van der Waals surface area contributed by atoms with Crippen molar-refractivity contribution in [2.75, 3.05) is 16.6 Å². The smallest absolute Gasteiger partial charge is 0.261 e. The Balaban J connectivity index is 1.77. The normalized spacial score (nSPS) is 11.0. The first-order valence-corrected chi connectivity index (χ1v) is 11.0. The van der Waals surface area contributed by atoms with Crippen LogP contribution in [0.3, 0.4) is 0 Å². The van der Waals surface area contributed by atoms with Crippen molar-refractivity contribution in [2.24, 2.45) is 0 Å². The lowest BCUT2D eigenvalue weighted by Crippen LogP contribution is -2.16. The number of para-hydroxylation sites is 2. The Morgan fingerprint density at radius 2 is 1.53 bits per heavy atom. The number of ether oxygens (including phenoxy) is 1. The van der Waals surface area contributed by atoms with Gasteiger partial charge in [-0.3, -0.25) is 9.52 Å². The van der Waals surface area contributed by atoms with Crippen molar-refractivity contribution in [2.45, 2.75) is 25.7 Å². The van der Waals surface area contributed by atoms with Gasteiger partial charge in [0.2, 0.25) is 0 Å². The van der Waals surface area contributed by atoms with E-state index in [1.54, 1.807) is 36.4 Å². The van der Waals surface area contributed by atoms with Gasteiger partial charge < -0.3 is 10.1 Å². The summed E-state index contributed by atoms with van der Waals surface area (Å²) >= 11 is 0. The van der Waals surface area contributed by atoms with Crippen molar-refractivity contribution in [1.82, 2.24) is 0 Å². The second-order valence-electron chi connectivity index (χ2n) is 6.78. The molecule has 3 rings (SSSR count). The molecule has 3 aromatic rings. The number of rotatable bonds is 7. The SMILES string of the molecule is CCOc1ccccc1C(=O)Nc1ccc(S(=O)(=O)Nc2c(C)cccc2C)cc1. The molecular formula is C23H24N2O4S. The van der Waals surface area contributed by atoms with Gasteiger partial charge in [0.15, 0.2) is 0 Å². The number of hydrogen-bond donors (Lipinski definition) is 2. The molecule has 0 aliphatic carbocycles. The Hall–Kier alpha value is -3.32. The van der Waals surface area contributed by atoms with Crippen LogP contribution in [-0.2, 0) is 10.0 Å². The third-order valence-corrected chi connectivity index (χ3v) is 5.94. The minimum absolute atomic E-state index is 0.109. The third-order valence-electron chi connectivity index (χ3n) is 4.57. The maximum Gasteiger partial charge on any atom is 0.261 e. The van der Waals surface area contributed by atoms with E-state index in [-0.39, 0.29) is 10.8 Å². The molecule has 30 heavy (non-hydrogen) atoms. The summed E-state index contributed by atoms with van der Waals surface area (Å²) in [5, 5.41) is 2.77. The van der Waals surface area contributed by atoms with Gasteiger partial charge in [0.1, 0.15) is 5.75 Å². The molecule has 0 saturated carbocycles. The number of amides is 1. The van der Waals surface area contributed by atoms with Crippen molar-refractivity contribution < 1.29 is 17.9 Å². The Kier molecular flexibility index (Phi) is 6.42. The number of anilines is 2. The molecule has 0 bridgehead atoms. The molecule has 0 saturated heterocycles. The fourth-order valence-corrected chi connectivity index (χ4v) is 4.22. The van der Waals surface area contributed by atoms with E-state index in [1.165, 1.54) is 12.1 Å². The van der Waals surface area contributed by atoms with Crippen LogP contribution in [0.15, 0.2) is 71.6 Å². The predicted molar refractivity (Wildman–Crippen MR) is 119 cm³/mol. The highest BCUT2D eigenvalue weighted by atomic mass is 32.2. The van der Waals surface area contributed by atoms with E-state index in [2.05, 4.69) is 10.0 Å². The van der Waals surface area contributed by atoms with Crippen LogP contribution in [0.4, 0.5) is 11.4 Å². The van der Waals surface area contributed by atoms with Crippen LogP contribution in [-0.4, -0.2) is 20.9 Å². The van der Waals surface area contributed by atoms with Crippen LogP contribution in [0, 0.1) is 13.8 Å². The zero-order valence-electron chi connectivity index (χ0n) is 17.1. The molecule has 0 atom stereocenters. The molecule has 156 valence electrons. The summed E-state index contributed by atoms with van der Waals surface area (Å²) in [4.78, 5) is 12.7. The van der Waals surface area contributed by atoms with Crippen LogP contribution in [0.1, 0.15) is 28.4 Å². The van der Waals surface area contributed by atoms with E-state index in [0.717, 1.165) is 11.1 Å². The molecule has 0 aromatic heterocycles. The standard InChI is InChI=1S/C23H24N2O4S/c1-4-29-21-11-6-5-10-20(21)23(26)24-18-12-14-19(15-13-18)30(27,28)25-22-16(2)8-7-9-17(22)3/h5-15,25H,4H2,1-3H3,(H,24,26). The van der Waals surface area contributed by atoms with Crippen molar-refractivity contribution in [1.29, 1.82) is 0 Å². The van der Waals surface area contributed by atoms with E-state index >= 15 is 0 Å². The maximum atomic E-state index is 12.8. The number of carbonyl (C=O) groups excluding carboxylic acids is 1. The second-order valence-corrected chi connectivity index (χ2v) is 8.46. The third kappa shape index (κ3) is 4.80. The first-order chi connectivity index (χ1) is 14.3. The number of aryl methyl sites for hydroxylation is 2. The van der Waals surface area contributed by atoms with E-state index in [0.29, 0.717) is 29.3 Å². The fourth-order valence-electron chi connectivity index (χ4n) is 3.02. The molecule has 0 heterocycles. The topological polar surface area (TPSA) is 84.5 Å². The molecule has 7 heteroatoms. The minimum Gasteiger partial charge on any atom is -0.493 e. The highest BCUT2D eigenvalue weighted by Gasteiger charge is 2.17. The van der Waals surface area contributed by atoms with Gasteiger partial charge in [-0.15, -0.1) is 0 Å². The number of benzene rings is 3. The number of nitrogens with one attached hydrogen (secondary N) is 2. The van der Waals surface area contributed by atoms with Crippen molar-refractivity contribution in [3.8, 4) is 5.75 Å². The van der Waals surface area contributed by atoms with Gasteiger partial charge in [0, 0.05) is 5.69 Å². The fraction of sp³-hybridized carbons (Fsp3) is 0.174. The van der Waals surface area contributed by atoms with Gasteiger partial charge >= 0.3 is 0 Å². The first-order valence-electron chi connectivity index (χ1n) is 9.54. The lowest BCUT2D eigenvalue weighted by Gasteiger charge is -2.14. The molecule has 3 aromatic carbocycles. The van der Waals surface area contributed by atoms with Crippen molar-refractivity contribution >= 4 is 27.3 Å². The van der Waals surface area contributed by atoms with E-state index in [4.69, 9.17) is 4.74 Å². The largest absolute Gasteiger partial charge is 0.493 e. The summed E-state index contributed by atoms with van der Waals surface area (Å²) in [5.41, 5.74) is 3.15. The summed E-state index contributed by atoms with van der Waals surface area (Å²) in [7, 11) is -3.75. The lowest BCUT2D eigenvalue weighted by molar-refractivity contribution is 0.102. The number of carbonyl (C=O) groups is 1. The van der Waals surface area contributed by atoms with Crippen LogP contribution < -0.4 is 14.8 Å². The Morgan fingerprint density at radius 3 is 2.17 bits per heavy atom. The van der Waals surface area contributed by atoms with Gasteiger partial charge in [0.25, 0.3) is 15.9 Å². The Bertz CT molecular complexity index is 1140. The zero-order chi connectivity index (χ0) is 21.7. The highest BCUT2D eigenvalue weighted by molar-refractivity contribution is 7.92. The first kappa shape index (κ1) is 21.4. The molecule has 0 aliphatic heterocycles. The zero-order valence-corrected chi connectivity index (χ0v) is 17.9. The average Bonchev–Trinajstić information content (AvgIpc) is 2.72. The van der Waals surface area contributed by atoms with E-state index in [9.17, 15) is 13.2 Å². The van der Waals surface area contributed by atoms with Gasteiger partial charge in [0.05, 0.1) is 22.8 Å². The van der Waals surface area contributed by atoms with Gasteiger partial charge in [-0.2, -0.15) is 0 Å². The number of sulfonamides is 1. The molecule has 0 fully saturated rings. The predicted octanol–water partition coefficient (Wildman–Crippen LogP) is 4.76. The van der Waals surface area contributed by atoms with E-state index < -0.39 is 10.0 Å². The molecule has 0 unspecified atom stereocenters. The quantitative estimate of drug-likeness (QED) is 0.573. The molecule has 1 amide bonds. The van der Waals surface area contributed by atoms with Gasteiger partial charge in [-0.1, -0.05) is 30.3 Å². The molecule has 0 spiro atoms. The Labute approximate surface area is 177 Å². The van der Waals surface area contributed by atoms with Gasteiger partial charge in [-0.25, -0.2) is 8.42 Å². The van der Waals surface area contributed by atoms with Crippen LogP contribution >= 0.6 is 0 Å². The minimum atomic E-state index is -3.75. The number of hydrogen-bond acceptors (Lipinski definition) is 4. The summed E-state index contributed by atoms with van der Waals surface area (Å²) in [5.74, 6) is 0.165. The summed E-state index contributed by atoms with van der Waals surface area (Å²) in [6.45, 7) is 6.00. The van der Waals surface area contributed by atoms with Gasteiger partial charge in [-0.05, 0) is 68.3 Å². The highest BCUT2D eigenvalue weighted by Crippen LogP contribution is 2.25. The second kappa shape index (κ2) is 9.00. The van der Waals surface area contributed by atoms with Crippen LogP contribution in [0.25, 0.3) is 0 Å². The molecule has 6 nitrogen and oxygen atoms in total. The average molecular weight is 425 g/mol. The molecule has 0 aliphatic rings. The monoisotopic (exact) mass is 424 g/mol. The molecule has 0 radical (unpaired) electrons. The summed E-state index contributed by atoms with van der Waals surface area (Å²) in [6, 6.07) is 18.6. The lowest BCUT2D eigenvalue weighted by atomic mass is 10.1. The van der Waals surface area contributed by atoms with Crippen LogP contribution in [0.2, 0.25) is 0 Å². The summed E-state index contributed by atoms with van der Waals surface area (Å²) in [6.07, 6.45) is 0. The molecular weight excluding hydrogens is 400 g/mol.